The number of hydrogen-bond acceptors (Lipinski definition) is 13. The molecule has 0 amide bonds. The summed E-state index contributed by atoms with van der Waals surface area (Å²) in [5.74, 6) is -5.03. The molecule has 4 N–H and O–H groups in total. The second-order valence-corrected chi connectivity index (χ2v) is 21.0. The van der Waals surface area contributed by atoms with E-state index in [1.165, 1.54) is 16.9 Å². The van der Waals surface area contributed by atoms with Crippen LogP contribution in [0.25, 0.3) is 84.0 Å². The predicted octanol–water partition coefficient (Wildman–Crippen LogP) is 11.7. The zero-order valence-electron chi connectivity index (χ0n) is 43.5. The Labute approximate surface area is 495 Å². The number of benzene rings is 7. The first-order valence-corrected chi connectivity index (χ1v) is 25.9. The molecule has 10 aromatic rings. The molecule has 83 heavy (non-hydrogen) atoms. The minimum absolute atomic E-state index is 0. The number of rotatable bonds is 12. The van der Waals surface area contributed by atoms with Gasteiger partial charge >= 0.3 is 43.4 Å². The quantitative estimate of drug-likeness (QED) is 0.0502. The molecule has 12 rings (SSSR count). The second-order valence-electron chi connectivity index (χ2n) is 19.9. The number of nitrogens with zero attached hydrogens (tertiary/aromatic N) is 9. The largest absolute Gasteiger partial charge is 2.00 e. The number of aromatic carboxylic acids is 4. The van der Waals surface area contributed by atoms with Gasteiger partial charge in [-0.25, -0.2) is 24.2 Å². The molecule has 0 fully saturated rings. The molecule has 0 unspecified atom stereocenters. The fourth-order valence-corrected chi connectivity index (χ4v) is 10.3. The van der Waals surface area contributed by atoms with Gasteiger partial charge in [-0.05, 0) is 99.6 Å². The molecule has 5 heterocycles. The third-order valence-electron chi connectivity index (χ3n) is 13.4. The van der Waals surface area contributed by atoms with E-state index in [1.807, 2.05) is 54.6 Å². The van der Waals surface area contributed by atoms with Gasteiger partial charge in [-0.15, -0.1) is 0 Å². The van der Waals surface area contributed by atoms with Gasteiger partial charge in [0.15, 0.2) is 11.6 Å². The van der Waals surface area contributed by atoms with Crippen molar-refractivity contribution in [3.05, 3.63) is 175 Å². The minimum atomic E-state index is -1.39. The van der Waals surface area contributed by atoms with Gasteiger partial charge in [-0.1, -0.05) is 109 Å². The van der Waals surface area contributed by atoms with E-state index in [1.54, 1.807) is 6.07 Å². The van der Waals surface area contributed by atoms with Gasteiger partial charge in [-0.3, -0.25) is 0 Å². The van der Waals surface area contributed by atoms with Crippen molar-refractivity contribution in [1.82, 2.24) is 40.1 Å². The molecule has 24 heteroatoms. The molecular formula is C59H37Cl3N9O11Zn+. The molecule has 3 aromatic heterocycles. The van der Waals surface area contributed by atoms with Crippen molar-refractivity contribution < 1.29 is 78.1 Å². The smallest absolute Gasteiger partial charge is 0.489 e. The van der Waals surface area contributed by atoms with E-state index >= 15 is 0 Å². The Morgan fingerprint density at radius 3 is 1.55 bits per heavy atom. The summed E-state index contributed by atoms with van der Waals surface area (Å²) in [6.45, 7) is 5.75. The van der Waals surface area contributed by atoms with Gasteiger partial charge in [0.25, 0.3) is 5.69 Å². The van der Waals surface area contributed by atoms with Crippen molar-refractivity contribution in [3.63, 3.8) is 0 Å². The summed E-state index contributed by atoms with van der Waals surface area (Å²) >= 11 is 22.0. The Hall–Kier alpha value is -9.40. The Balaban J connectivity index is 0.00000721. The van der Waals surface area contributed by atoms with Crippen molar-refractivity contribution in [2.75, 3.05) is 0 Å². The average Bonchev–Trinajstić information content (AvgIpc) is 3.04. The van der Waals surface area contributed by atoms with Gasteiger partial charge in [0.1, 0.15) is 35.5 Å². The van der Waals surface area contributed by atoms with Crippen LogP contribution in [0.4, 0.5) is 0 Å². The Bertz CT molecular complexity index is 4480. The van der Waals surface area contributed by atoms with Gasteiger partial charge in [0.2, 0.25) is 0 Å². The van der Waals surface area contributed by atoms with Crippen LogP contribution in [-0.4, -0.2) is 74.4 Å². The number of carbonyl (C=O) groups is 4. The maximum absolute atomic E-state index is 11.9. The molecule has 0 saturated heterocycles. The number of ether oxygens (including phenoxy) is 3. The van der Waals surface area contributed by atoms with Crippen molar-refractivity contribution in [2.45, 2.75) is 39.4 Å². The molecule has 0 spiro atoms. The normalized spacial score (nSPS) is 11.6. The van der Waals surface area contributed by atoms with Gasteiger partial charge < -0.3 is 59.6 Å². The third-order valence-corrected chi connectivity index (χ3v) is 14.6. The van der Waals surface area contributed by atoms with Crippen LogP contribution in [0, 0.1) is 0 Å². The Morgan fingerprint density at radius 2 is 1.00 bits per heavy atom. The van der Waals surface area contributed by atoms with Crippen LogP contribution in [0.15, 0.2) is 121 Å². The number of carboxylic acids is 4. The van der Waals surface area contributed by atoms with Crippen LogP contribution in [0.3, 0.4) is 0 Å². The maximum atomic E-state index is 11.9. The monoisotopic (exact) mass is 1220 g/mol. The molecule has 2 aliphatic rings. The van der Waals surface area contributed by atoms with Crippen LogP contribution < -0.4 is 29.0 Å². The number of halogens is 3. The molecule has 0 radical (unpaired) electrons. The van der Waals surface area contributed by atoms with E-state index in [4.69, 9.17) is 89.1 Å². The zero-order chi connectivity index (χ0) is 57.5. The van der Waals surface area contributed by atoms with E-state index < -0.39 is 23.9 Å². The molecule has 20 nitrogen and oxygen atoms in total. The standard InChI is InChI=1S/C59H38Cl3N9O11.Zn/c1-59(2,3)32-12-13-38-40(23-32)51-65-50(38)64-48-36-8-4-5-9-37(36)49(63-48)67-53-42-43(54(68-53)70-71-41-11-7-6-10-39(41)52(66-51)69-71)45(61)47(46(62)44(42)60)82-35-15-26(24-80-33-19-28(55(72)73)17-29(20-33)56(74)75)14-27(16-35)25-81-34-21-30(57(76)77)18-31(22-34)58(78)79;/h4-23H,24-25H2,1-3H3,(H5,63,64,65,66,67,68,69,70,72,73,74,75,76,77,78,79);/q;+2/p-1. The number of aromatic nitrogens is 9. The van der Waals surface area contributed by atoms with E-state index in [-0.39, 0.29) is 132 Å². The summed E-state index contributed by atoms with van der Waals surface area (Å²) in [6, 6.07) is 32.1. The predicted molar refractivity (Wildman–Crippen MR) is 300 cm³/mol. The van der Waals surface area contributed by atoms with Gasteiger partial charge in [0, 0.05) is 54.8 Å². The molecule has 406 valence electrons. The summed E-state index contributed by atoms with van der Waals surface area (Å²) in [4.78, 5) is 79.2. The molecule has 2 aliphatic heterocycles. The maximum Gasteiger partial charge on any atom is 2.00 e. The van der Waals surface area contributed by atoms with Crippen LogP contribution in [0.2, 0.25) is 15.1 Å². The molecule has 0 atom stereocenters. The molecular weight excluding hydrogens is 1180 g/mol. The number of hydrogen-bond donors (Lipinski definition) is 4. The van der Waals surface area contributed by atoms with Gasteiger partial charge in [0.05, 0.1) is 55.2 Å². The summed E-state index contributed by atoms with van der Waals surface area (Å²) in [7, 11) is 0. The number of para-hydroxylation sites is 1. The van der Waals surface area contributed by atoms with Crippen LogP contribution >= 0.6 is 34.8 Å². The second kappa shape index (κ2) is 21.5. The first-order chi connectivity index (χ1) is 39.2. The van der Waals surface area contributed by atoms with E-state index in [0.717, 1.165) is 52.7 Å². The van der Waals surface area contributed by atoms with Gasteiger partial charge in [-0.2, -0.15) is 0 Å². The first-order valence-electron chi connectivity index (χ1n) is 24.7. The molecule has 0 aliphatic carbocycles. The van der Waals surface area contributed by atoms with Crippen LogP contribution in [0.5, 0.6) is 23.0 Å². The van der Waals surface area contributed by atoms with Crippen molar-refractivity contribution in [1.29, 1.82) is 0 Å². The van der Waals surface area contributed by atoms with E-state index in [9.17, 15) is 39.6 Å². The number of fused-ring (bicyclic) bond motifs is 20. The summed E-state index contributed by atoms with van der Waals surface area (Å²) < 4.78 is 18.5. The van der Waals surface area contributed by atoms with Crippen molar-refractivity contribution >= 4 is 103 Å². The SMILES string of the molecule is CC(C)(C)c1ccc2c3nc4nc(nc5[n-]c(n[n+]6nc(nc([n-]3)c2c1)-c1ccccc1-6)c1c(Cl)c(Oc2cc(COc3cc(C(=O)O)cc(C(=O)O)c3)cc(COc3cc(C(=O)O)cc(C(=O)O)c3)c2)c(Cl)c(Cl)c51)-c1ccccc1-4.[Zn+2]. The van der Waals surface area contributed by atoms with Crippen LogP contribution in [0.1, 0.15) is 78.9 Å². The summed E-state index contributed by atoms with van der Waals surface area (Å²) in [6.07, 6.45) is 0. The summed E-state index contributed by atoms with van der Waals surface area (Å²) in [5.41, 5.74) is 3.40. The van der Waals surface area contributed by atoms with E-state index in [2.05, 4.69) is 32.9 Å². The van der Waals surface area contributed by atoms with Crippen molar-refractivity contribution in [2.24, 2.45) is 0 Å². The Morgan fingerprint density at radius 1 is 0.506 bits per heavy atom. The fourth-order valence-electron chi connectivity index (χ4n) is 9.41. The Kier molecular flexibility index (Phi) is 14.4. The molecule has 0 saturated carbocycles. The average molecular weight is 1220 g/mol. The van der Waals surface area contributed by atoms with Crippen LogP contribution in [-0.2, 0) is 38.1 Å². The third kappa shape index (κ3) is 10.5. The first kappa shape index (κ1) is 55.5. The summed E-state index contributed by atoms with van der Waals surface area (Å²) in [5, 5.41) is 50.2. The fraction of sp³-hybridized carbons (Fsp3) is 0.102. The molecule has 8 bridgehead atoms. The van der Waals surface area contributed by atoms with Crippen molar-refractivity contribution in [3.8, 4) is 62.8 Å². The minimum Gasteiger partial charge on any atom is -0.489 e. The molecule has 7 aromatic carbocycles. The van der Waals surface area contributed by atoms with E-state index in [0.29, 0.717) is 50.6 Å². The number of carboxylic acid groups (broad SMARTS) is 4. The zero-order valence-corrected chi connectivity index (χ0v) is 48.7. The topological polar surface area (TPSA) is 286 Å².